The predicted octanol–water partition coefficient (Wildman–Crippen LogP) is 4.93. The van der Waals surface area contributed by atoms with Gasteiger partial charge in [-0.25, -0.2) is 0 Å². The van der Waals surface area contributed by atoms with Crippen molar-refractivity contribution in [1.82, 2.24) is 10.2 Å². The second-order valence-electron chi connectivity index (χ2n) is 8.48. The van der Waals surface area contributed by atoms with Crippen LogP contribution in [-0.4, -0.2) is 48.2 Å². The Morgan fingerprint density at radius 3 is 2.56 bits per heavy atom. The highest BCUT2D eigenvalue weighted by Crippen LogP contribution is 2.35. The molecule has 3 N–H and O–H groups in total. The molecule has 1 fully saturated rings. The Labute approximate surface area is 199 Å². The zero-order valence-electron chi connectivity index (χ0n) is 18.5. The molecule has 8 heteroatoms. The number of nitrogens with one attached hydrogen (secondary N) is 2. The molecule has 0 bridgehead atoms. The molecule has 2 aromatic rings. The number of likely N-dealkylation sites (tertiary alicyclic amines) is 1. The molecule has 1 atom stereocenters. The number of carbonyl (C=O) groups excluding carboxylic acids is 1. The average molecular weight is 480 g/mol. The molecule has 174 valence electrons. The molecule has 2 aromatic carbocycles. The number of ether oxygens (including phenoxy) is 1. The van der Waals surface area contributed by atoms with Crippen LogP contribution in [-0.2, 0) is 11.3 Å². The van der Waals surface area contributed by atoms with Crippen molar-refractivity contribution in [3.05, 3.63) is 52.0 Å². The zero-order valence-corrected chi connectivity index (χ0v) is 20.0. The van der Waals surface area contributed by atoms with Crippen LogP contribution in [0.3, 0.4) is 0 Å². The fourth-order valence-corrected chi connectivity index (χ4v) is 4.04. The summed E-state index contributed by atoms with van der Waals surface area (Å²) in [4.78, 5) is 13.9. The van der Waals surface area contributed by atoms with Crippen LogP contribution in [0.4, 0.5) is 5.69 Å². The van der Waals surface area contributed by atoms with Crippen molar-refractivity contribution < 1.29 is 14.6 Å². The Kier molecular flexibility index (Phi) is 9.05. The number of phenols is 1. The van der Waals surface area contributed by atoms with Crippen LogP contribution >= 0.6 is 23.2 Å². The molecule has 0 spiro atoms. The van der Waals surface area contributed by atoms with Crippen LogP contribution in [0.5, 0.6) is 11.5 Å². The van der Waals surface area contributed by atoms with Gasteiger partial charge in [-0.1, -0.05) is 42.3 Å². The minimum absolute atomic E-state index is 0.0769. The lowest BCUT2D eigenvalue weighted by Gasteiger charge is -2.33. The fraction of sp³-hybridized carbons (Fsp3) is 0.458. The van der Waals surface area contributed by atoms with Gasteiger partial charge in [0.2, 0.25) is 5.91 Å². The third kappa shape index (κ3) is 7.55. The van der Waals surface area contributed by atoms with E-state index in [0.29, 0.717) is 24.1 Å². The number of anilines is 1. The SMILES string of the molecule is CC(=O)Nc1cc(Cl)c(O)cc1OC[C@H](C)CNC1CCN(Cc2ccc(Cl)cc2)CC1. The van der Waals surface area contributed by atoms with Gasteiger partial charge in [-0.05, 0) is 49.7 Å². The van der Waals surface area contributed by atoms with Crippen molar-refractivity contribution in [2.24, 2.45) is 5.92 Å². The van der Waals surface area contributed by atoms with Gasteiger partial charge in [0.15, 0.2) is 0 Å². The first-order valence-corrected chi connectivity index (χ1v) is 11.7. The lowest BCUT2D eigenvalue weighted by Crippen LogP contribution is -2.43. The topological polar surface area (TPSA) is 73.8 Å². The molecule has 1 heterocycles. The van der Waals surface area contributed by atoms with Crippen LogP contribution < -0.4 is 15.4 Å². The number of piperidine rings is 1. The monoisotopic (exact) mass is 479 g/mol. The highest BCUT2D eigenvalue weighted by atomic mass is 35.5. The number of nitrogens with zero attached hydrogens (tertiary/aromatic N) is 1. The molecule has 1 amide bonds. The summed E-state index contributed by atoms with van der Waals surface area (Å²) in [5.74, 6) is 0.357. The number of hydrogen-bond acceptors (Lipinski definition) is 5. The van der Waals surface area contributed by atoms with E-state index in [2.05, 4.69) is 34.6 Å². The largest absolute Gasteiger partial charge is 0.506 e. The fourth-order valence-electron chi connectivity index (χ4n) is 3.75. The maximum atomic E-state index is 11.4. The Morgan fingerprint density at radius 2 is 1.91 bits per heavy atom. The highest BCUT2D eigenvalue weighted by Gasteiger charge is 2.20. The molecular formula is C24H31Cl2N3O3. The maximum absolute atomic E-state index is 11.4. The molecule has 1 aliphatic rings. The third-order valence-electron chi connectivity index (χ3n) is 5.55. The van der Waals surface area contributed by atoms with E-state index in [0.717, 1.165) is 44.0 Å². The lowest BCUT2D eigenvalue weighted by atomic mass is 10.0. The van der Waals surface area contributed by atoms with E-state index in [1.807, 2.05) is 12.1 Å². The predicted molar refractivity (Wildman–Crippen MR) is 130 cm³/mol. The summed E-state index contributed by atoms with van der Waals surface area (Å²) in [6, 6.07) is 11.5. The standard InChI is InChI=1S/C24H31Cl2N3O3/c1-16(15-32-24-12-23(31)21(26)11-22(24)28-17(2)30)13-27-20-7-9-29(10-8-20)14-18-3-5-19(25)6-4-18/h3-6,11-12,16,20,27,31H,7-10,13-15H2,1-2H3,(H,28,30)/t16-/m1/s1. The molecule has 1 aliphatic heterocycles. The normalized spacial score (nSPS) is 16.0. The molecule has 0 radical (unpaired) electrons. The molecule has 3 rings (SSSR count). The molecule has 1 saturated heterocycles. The summed E-state index contributed by atoms with van der Waals surface area (Å²) in [7, 11) is 0. The Bertz CT molecular complexity index is 900. The molecule has 32 heavy (non-hydrogen) atoms. The van der Waals surface area contributed by atoms with E-state index in [1.165, 1.54) is 24.6 Å². The first-order chi connectivity index (χ1) is 15.3. The first kappa shape index (κ1) is 24.6. The summed E-state index contributed by atoms with van der Waals surface area (Å²) in [5.41, 5.74) is 1.74. The van der Waals surface area contributed by atoms with Gasteiger partial charge in [0.05, 0.1) is 17.3 Å². The Morgan fingerprint density at radius 1 is 1.22 bits per heavy atom. The van der Waals surface area contributed by atoms with Crippen LogP contribution in [0, 0.1) is 5.92 Å². The number of benzene rings is 2. The minimum Gasteiger partial charge on any atom is -0.506 e. The van der Waals surface area contributed by atoms with Gasteiger partial charge in [0, 0.05) is 43.1 Å². The second-order valence-corrected chi connectivity index (χ2v) is 9.33. The van der Waals surface area contributed by atoms with Gasteiger partial charge >= 0.3 is 0 Å². The van der Waals surface area contributed by atoms with E-state index in [-0.39, 0.29) is 22.6 Å². The van der Waals surface area contributed by atoms with Gasteiger partial charge in [0.1, 0.15) is 11.5 Å². The van der Waals surface area contributed by atoms with Crippen LogP contribution in [0.2, 0.25) is 10.0 Å². The van der Waals surface area contributed by atoms with Gasteiger partial charge in [-0.15, -0.1) is 0 Å². The summed E-state index contributed by atoms with van der Waals surface area (Å²) in [5, 5.41) is 17.2. The van der Waals surface area contributed by atoms with E-state index in [9.17, 15) is 9.90 Å². The molecule has 0 unspecified atom stereocenters. The van der Waals surface area contributed by atoms with Gasteiger partial charge in [-0.2, -0.15) is 0 Å². The summed E-state index contributed by atoms with van der Waals surface area (Å²) >= 11 is 11.9. The van der Waals surface area contributed by atoms with E-state index < -0.39 is 0 Å². The smallest absolute Gasteiger partial charge is 0.221 e. The number of carbonyl (C=O) groups is 1. The quantitative estimate of drug-likeness (QED) is 0.444. The van der Waals surface area contributed by atoms with Crippen LogP contribution in [0.15, 0.2) is 36.4 Å². The van der Waals surface area contributed by atoms with Crippen molar-refractivity contribution in [1.29, 1.82) is 0 Å². The van der Waals surface area contributed by atoms with Gasteiger partial charge in [0.25, 0.3) is 0 Å². The third-order valence-corrected chi connectivity index (χ3v) is 6.10. The van der Waals surface area contributed by atoms with E-state index >= 15 is 0 Å². The number of amides is 1. The van der Waals surface area contributed by atoms with Crippen molar-refractivity contribution in [2.75, 3.05) is 31.6 Å². The number of phenolic OH excluding ortho intramolecular Hbond substituents is 1. The number of aromatic hydroxyl groups is 1. The highest BCUT2D eigenvalue weighted by molar-refractivity contribution is 6.32. The molecule has 0 aromatic heterocycles. The number of rotatable bonds is 9. The number of hydrogen-bond donors (Lipinski definition) is 3. The minimum atomic E-state index is -0.228. The van der Waals surface area contributed by atoms with Crippen LogP contribution in [0.25, 0.3) is 0 Å². The van der Waals surface area contributed by atoms with E-state index in [1.54, 1.807) is 0 Å². The van der Waals surface area contributed by atoms with Gasteiger partial charge < -0.3 is 20.5 Å². The van der Waals surface area contributed by atoms with E-state index in [4.69, 9.17) is 27.9 Å². The molecule has 0 saturated carbocycles. The zero-order chi connectivity index (χ0) is 23.1. The molecular weight excluding hydrogens is 449 g/mol. The summed E-state index contributed by atoms with van der Waals surface area (Å²) in [6.07, 6.45) is 2.22. The van der Waals surface area contributed by atoms with Gasteiger partial charge in [-0.3, -0.25) is 9.69 Å². The van der Waals surface area contributed by atoms with Crippen molar-refractivity contribution in [2.45, 2.75) is 39.3 Å². The second kappa shape index (κ2) is 11.8. The van der Waals surface area contributed by atoms with Crippen molar-refractivity contribution in [3.8, 4) is 11.5 Å². The van der Waals surface area contributed by atoms with Crippen molar-refractivity contribution in [3.63, 3.8) is 0 Å². The average Bonchev–Trinajstić information content (AvgIpc) is 2.76. The summed E-state index contributed by atoms with van der Waals surface area (Å²) in [6.45, 7) is 7.89. The number of halogens is 2. The first-order valence-electron chi connectivity index (χ1n) is 10.9. The van der Waals surface area contributed by atoms with Crippen molar-refractivity contribution >= 4 is 34.8 Å². The molecule has 6 nitrogen and oxygen atoms in total. The molecule has 0 aliphatic carbocycles. The Hall–Kier alpha value is -1.99. The lowest BCUT2D eigenvalue weighted by molar-refractivity contribution is -0.114. The maximum Gasteiger partial charge on any atom is 0.221 e. The Balaban J connectivity index is 1.40. The summed E-state index contributed by atoms with van der Waals surface area (Å²) < 4.78 is 5.88. The van der Waals surface area contributed by atoms with Crippen LogP contribution in [0.1, 0.15) is 32.3 Å².